The van der Waals surface area contributed by atoms with Gasteiger partial charge in [0.1, 0.15) is 10.8 Å². The van der Waals surface area contributed by atoms with E-state index in [4.69, 9.17) is 9.47 Å². The van der Waals surface area contributed by atoms with Gasteiger partial charge in [-0.05, 0) is 73.8 Å². The number of thiophene rings is 1. The van der Waals surface area contributed by atoms with Gasteiger partial charge in [-0.2, -0.15) is 0 Å². The fourth-order valence-electron chi connectivity index (χ4n) is 3.85. The number of nitrogens with one attached hydrogen (secondary N) is 1. The number of anilines is 1. The first-order valence-electron chi connectivity index (χ1n) is 10.6. The average Bonchev–Trinajstić information content (AvgIpc) is 3.05. The van der Waals surface area contributed by atoms with Crippen LogP contribution in [0.4, 0.5) is 5.00 Å². The van der Waals surface area contributed by atoms with Gasteiger partial charge in [0.15, 0.2) is 6.61 Å². The van der Waals surface area contributed by atoms with Crippen LogP contribution < -0.4 is 10.1 Å². The highest BCUT2D eigenvalue weighted by molar-refractivity contribution is 9.10. The minimum absolute atomic E-state index is 0.128. The molecule has 5 nitrogen and oxygen atoms in total. The maximum Gasteiger partial charge on any atom is 0.341 e. The lowest BCUT2D eigenvalue weighted by molar-refractivity contribution is -0.118. The monoisotopic (exact) mass is 507 g/mol. The molecule has 168 valence electrons. The Bertz CT molecular complexity index is 977. The number of esters is 1. The largest absolute Gasteiger partial charge is 0.484 e. The van der Waals surface area contributed by atoms with Crippen LogP contribution in [0.1, 0.15) is 60.5 Å². The molecule has 1 aliphatic rings. The van der Waals surface area contributed by atoms with E-state index in [1.165, 1.54) is 16.2 Å². The normalized spacial score (nSPS) is 15.9. The molecule has 2 aromatic rings. The Morgan fingerprint density at radius 1 is 1.29 bits per heavy atom. The molecule has 1 aliphatic carbocycles. The van der Waals surface area contributed by atoms with Crippen molar-refractivity contribution in [3.8, 4) is 5.75 Å². The van der Waals surface area contributed by atoms with Crippen molar-refractivity contribution >= 4 is 44.1 Å². The third-order valence-electron chi connectivity index (χ3n) is 5.72. The minimum Gasteiger partial charge on any atom is -0.484 e. The smallest absolute Gasteiger partial charge is 0.341 e. The second-order valence-corrected chi connectivity index (χ2v) is 10.9. The highest BCUT2D eigenvalue weighted by atomic mass is 79.9. The number of amides is 1. The van der Waals surface area contributed by atoms with Crippen molar-refractivity contribution in [3.63, 3.8) is 0 Å². The number of hydrogen-bond donors (Lipinski definition) is 1. The average molecular weight is 508 g/mol. The molecule has 0 saturated carbocycles. The molecular weight excluding hydrogens is 478 g/mol. The summed E-state index contributed by atoms with van der Waals surface area (Å²) in [6.45, 7) is 10.7. The number of aryl methyl sites for hydroxylation is 1. The zero-order chi connectivity index (χ0) is 22.8. The number of benzene rings is 1. The van der Waals surface area contributed by atoms with Gasteiger partial charge < -0.3 is 14.8 Å². The summed E-state index contributed by atoms with van der Waals surface area (Å²) in [5.41, 5.74) is 2.78. The van der Waals surface area contributed by atoms with Crippen molar-refractivity contribution in [2.45, 2.75) is 53.9 Å². The van der Waals surface area contributed by atoms with Crippen LogP contribution in [0.15, 0.2) is 22.7 Å². The Balaban J connectivity index is 1.77. The van der Waals surface area contributed by atoms with Crippen LogP contribution in [0.2, 0.25) is 0 Å². The van der Waals surface area contributed by atoms with Crippen molar-refractivity contribution in [2.24, 2.45) is 11.3 Å². The molecule has 0 fully saturated rings. The number of carbonyl (C=O) groups excluding carboxylic acids is 2. The molecule has 0 spiro atoms. The van der Waals surface area contributed by atoms with Crippen LogP contribution >= 0.6 is 27.3 Å². The topological polar surface area (TPSA) is 64.6 Å². The summed E-state index contributed by atoms with van der Waals surface area (Å²) in [7, 11) is 0. The maximum atomic E-state index is 12.7. The molecule has 0 radical (unpaired) electrons. The predicted molar refractivity (Wildman–Crippen MR) is 128 cm³/mol. The van der Waals surface area contributed by atoms with Crippen LogP contribution in [-0.2, 0) is 22.4 Å². The number of fused-ring (bicyclic) bond motifs is 1. The Morgan fingerprint density at radius 2 is 2.03 bits per heavy atom. The third kappa shape index (κ3) is 5.69. The van der Waals surface area contributed by atoms with Gasteiger partial charge in [-0.3, -0.25) is 4.79 Å². The quantitative estimate of drug-likeness (QED) is 0.475. The Morgan fingerprint density at radius 3 is 2.68 bits per heavy atom. The summed E-state index contributed by atoms with van der Waals surface area (Å²) in [4.78, 5) is 26.5. The molecule has 1 amide bonds. The van der Waals surface area contributed by atoms with Crippen molar-refractivity contribution in [1.29, 1.82) is 0 Å². The zero-order valence-corrected chi connectivity index (χ0v) is 21.2. The summed E-state index contributed by atoms with van der Waals surface area (Å²) in [6.07, 6.45) is 2.77. The highest BCUT2D eigenvalue weighted by Crippen LogP contribution is 2.44. The Kier molecular flexibility index (Phi) is 7.47. The van der Waals surface area contributed by atoms with Crippen LogP contribution in [-0.4, -0.2) is 25.1 Å². The molecular formula is C24H30BrNO4S. The van der Waals surface area contributed by atoms with E-state index in [1.807, 2.05) is 25.1 Å². The summed E-state index contributed by atoms with van der Waals surface area (Å²) in [5.74, 6) is 0.507. The zero-order valence-electron chi connectivity index (χ0n) is 18.8. The molecule has 0 saturated heterocycles. The van der Waals surface area contributed by atoms with Gasteiger partial charge in [-0.15, -0.1) is 11.3 Å². The molecule has 7 heteroatoms. The van der Waals surface area contributed by atoms with E-state index in [-0.39, 0.29) is 23.9 Å². The van der Waals surface area contributed by atoms with E-state index in [1.54, 1.807) is 6.92 Å². The molecule has 1 atom stereocenters. The number of ether oxygens (including phenoxy) is 2. The molecule has 1 aromatic carbocycles. The van der Waals surface area contributed by atoms with Gasteiger partial charge in [0, 0.05) is 9.35 Å². The van der Waals surface area contributed by atoms with Crippen LogP contribution in [0.5, 0.6) is 5.75 Å². The second-order valence-electron chi connectivity index (χ2n) is 8.98. The van der Waals surface area contributed by atoms with Crippen LogP contribution in [0, 0.1) is 18.3 Å². The van der Waals surface area contributed by atoms with Gasteiger partial charge in [-0.1, -0.05) is 36.7 Å². The van der Waals surface area contributed by atoms with E-state index >= 15 is 0 Å². The third-order valence-corrected chi connectivity index (χ3v) is 7.78. The van der Waals surface area contributed by atoms with Gasteiger partial charge >= 0.3 is 5.97 Å². The summed E-state index contributed by atoms with van der Waals surface area (Å²) < 4.78 is 11.9. The van der Waals surface area contributed by atoms with Gasteiger partial charge in [0.2, 0.25) is 0 Å². The number of rotatable bonds is 6. The van der Waals surface area contributed by atoms with Crippen molar-refractivity contribution in [3.05, 3.63) is 44.2 Å². The summed E-state index contributed by atoms with van der Waals surface area (Å²) in [6, 6.07) is 5.57. The number of hydrogen-bond acceptors (Lipinski definition) is 5. The number of carbonyl (C=O) groups is 2. The van der Waals surface area contributed by atoms with E-state index in [2.05, 4.69) is 42.0 Å². The fraction of sp³-hybridized carbons (Fsp3) is 0.500. The van der Waals surface area contributed by atoms with Gasteiger partial charge in [0.25, 0.3) is 5.91 Å². The summed E-state index contributed by atoms with van der Waals surface area (Å²) in [5, 5.41) is 3.47. The SMILES string of the molecule is CCOC(=O)c1c(NC(=O)COc2ccc(Br)c(C)c2)sc2c1CCC(C(C)(C)C)C2. The number of halogens is 1. The molecule has 1 N–H and O–H groups in total. The molecule has 0 aliphatic heterocycles. The fourth-order valence-corrected chi connectivity index (χ4v) is 5.43. The predicted octanol–water partition coefficient (Wildman–Crippen LogP) is 6.16. The molecule has 1 aromatic heterocycles. The molecule has 1 unspecified atom stereocenters. The molecule has 1 heterocycles. The first kappa shape index (κ1) is 23.8. The van der Waals surface area contributed by atoms with E-state index in [0.29, 0.717) is 28.8 Å². The Hall–Kier alpha value is -1.86. The standard InChI is InChI=1S/C24H30BrNO4S/c1-6-29-23(28)21-17-9-7-15(24(3,4)5)12-19(17)31-22(21)26-20(27)13-30-16-8-10-18(25)14(2)11-16/h8,10-11,15H,6-7,9,12-13H2,1-5H3,(H,26,27). The molecule has 31 heavy (non-hydrogen) atoms. The Labute approximate surface area is 196 Å². The van der Waals surface area contributed by atoms with Crippen molar-refractivity contribution in [1.82, 2.24) is 0 Å². The van der Waals surface area contributed by atoms with Crippen molar-refractivity contribution in [2.75, 3.05) is 18.5 Å². The lowest BCUT2D eigenvalue weighted by Crippen LogP contribution is -2.26. The van der Waals surface area contributed by atoms with Gasteiger partial charge in [0.05, 0.1) is 12.2 Å². The lowest BCUT2D eigenvalue weighted by atomic mass is 9.72. The lowest BCUT2D eigenvalue weighted by Gasteiger charge is -2.33. The van der Waals surface area contributed by atoms with Crippen LogP contribution in [0.25, 0.3) is 0 Å². The molecule has 0 bridgehead atoms. The van der Waals surface area contributed by atoms with Crippen LogP contribution in [0.3, 0.4) is 0 Å². The van der Waals surface area contributed by atoms with E-state index in [9.17, 15) is 9.59 Å². The van der Waals surface area contributed by atoms with Gasteiger partial charge in [-0.25, -0.2) is 4.79 Å². The molecule has 3 rings (SSSR count). The maximum absolute atomic E-state index is 12.7. The minimum atomic E-state index is -0.367. The summed E-state index contributed by atoms with van der Waals surface area (Å²) >= 11 is 4.95. The van der Waals surface area contributed by atoms with E-state index < -0.39 is 0 Å². The van der Waals surface area contributed by atoms with E-state index in [0.717, 1.165) is 34.9 Å². The van der Waals surface area contributed by atoms with Crippen molar-refractivity contribution < 1.29 is 19.1 Å². The first-order chi connectivity index (χ1) is 14.6. The second kappa shape index (κ2) is 9.74. The first-order valence-corrected chi connectivity index (χ1v) is 12.2. The highest BCUT2D eigenvalue weighted by Gasteiger charge is 2.34.